The minimum atomic E-state index is -0.602. The number of pyridine rings is 1. The van der Waals surface area contributed by atoms with Gasteiger partial charge < -0.3 is 20.2 Å². The number of piperazine rings is 1. The molecule has 1 saturated carbocycles. The molecule has 1 saturated heterocycles. The van der Waals surface area contributed by atoms with E-state index in [2.05, 4.69) is 33.1 Å². The van der Waals surface area contributed by atoms with Crippen molar-refractivity contribution in [3.63, 3.8) is 0 Å². The van der Waals surface area contributed by atoms with Gasteiger partial charge >= 0.3 is 0 Å². The lowest BCUT2D eigenvalue weighted by atomic mass is 9.85. The van der Waals surface area contributed by atoms with Gasteiger partial charge in [0, 0.05) is 38.9 Å². The van der Waals surface area contributed by atoms with Crippen molar-refractivity contribution in [3.8, 4) is 0 Å². The first kappa shape index (κ1) is 21.2. The van der Waals surface area contributed by atoms with Crippen LogP contribution in [0.25, 0.3) is 0 Å². The molecule has 1 aliphatic carbocycles. The Balaban J connectivity index is 0.00000243. The van der Waals surface area contributed by atoms with Crippen LogP contribution < -0.4 is 10.2 Å². The Morgan fingerprint density at radius 3 is 2.54 bits per heavy atom. The summed E-state index contributed by atoms with van der Waals surface area (Å²) in [6.45, 7) is 7.15. The predicted octanol–water partition coefficient (Wildman–Crippen LogP) is 2.48. The summed E-state index contributed by atoms with van der Waals surface area (Å²) in [5, 5.41) is 14.1. The van der Waals surface area contributed by atoms with E-state index in [9.17, 15) is 5.11 Å². The Kier molecular flexibility index (Phi) is 8.40. The molecule has 26 heavy (non-hydrogen) atoms. The van der Waals surface area contributed by atoms with Gasteiger partial charge in [0.05, 0.1) is 12.1 Å². The number of aliphatic imine (C=N–C) groups is 1. The van der Waals surface area contributed by atoms with Gasteiger partial charge in [0.1, 0.15) is 5.82 Å². The zero-order chi connectivity index (χ0) is 17.5. The molecule has 1 aliphatic heterocycles. The highest BCUT2D eigenvalue weighted by Gasteiger charge is 2.29. The van der Waals surface area contributed by atoms with Gasteiger partial charge in [-0.1, -0.05) is 25.3 Å². The van der Waals surface area contributed by atoms with Crippen LogP contribution in [0.4, 0.5) is 5.82 Å². The molecule has 1 aromatic heterocycles. The fourth-order valence-corrected chi connectivity index (χ4v) is 3.70. The number of aromatic nitrogens is 1. The summed E-state index contributed by atoms with van der Waals surface area (Å²) in [7, 11) is 0. The predicted molar refractivity (Wildman–Crippen MR) is 117 cm³/mol. The number of hydrogen-bond donors (Lipinski definition) is 2. The van der Waals surface area contributed by atoms with Crippen LogP contribution in [0.5, 0.6) is 0 Å². The topological polar surface area (TPSA) is 64.0 Å². The zero-order valence-electron chi connectivity index (χ0n) is 15.7. The molecule has 0 amide bonds. The van der Waals surface area contributed by atoms with E-state index in [0.29, 0.717) is 6.54 Å². The summed E-state index contributed by atoms with van der Waals surface area (Å²) in [4.78, 5) is 13.8. The highest BCUT2D eigenvalue weighted by molar-refractivity contribution is 14.0. The van der Waals surface area contributed by atoms with Gasteiger partial charge in [-0.05, 0) is 31.9 Å². The van der Waals surface area contributed by atoms with Gasteiger partial charge in [-0.15, -0.1) is 24.0 Å². The number of guanidine groups is 1. The molecule has 2 heterocycles. The van der Waals surface area contributed by atoms with E-state index in [4.69, 9.17) is 4.99 Å². The lowest BCUT2D eigenvalue weighted by Gasteiger charge is -2.37. The first-order valence-corrected chi connectivity index (χ1v) is 9.62. The maximum Gasteiger partial charge on any atom is 0.194 e. The molecule has 7 heteroatoms. The molecule has 3 rings (SSSR count). The third-order valence-electron chi connectivity index (χ3n) is 5.19. The SMILES string of the molecule is CCNC(=NCC1(O)CCCCC1)N1CCN(c2ccccn2)CC1.I. The highest BCUT2D eigenvalue weighted by atomic mass is 127. The van der Waals surface area contributed by atoms with Gasteiger partial charge in [0.2, 0.25) is 0 Å². The Morgan fingerprint density at radius 2 is 1.92 bits per heavy atom. The summed E-state index contributed by atoms with van der Waals surface area (Å²) in [6.07, 6.45) is 7.07. The van der Waals surface area contributed by atoms with Crippen molar-refractivity contribution >= 4 is 35.8 Å². The smallest absolute Gasteiger partial charge is 0.194 e. The Morgan fingerprint density at radius 1 is 1.19 bits per heavy atom. The molecule has 0 unspecified atom stereocenters. The minimum absolute atomic E-state index is 0. The molecular formula is C19H32IN5O. The second-order valence-corrected chi connectivity index (χ2v) is 7.12. The van der Waals surface area contributed by atoms with Crippen LogP contribution in [0.1, 0.15) is 39.0 Å². The first-order chi connectivity index (χ1) is 12.2. The molecule has 2 fully saturated rings. The minimum Gasteiger partial charge on any atom is -0.388 e. The number of halogens is 1. The number of hydrogen-bond acceptors (Lipinski definition) is 4. The average molecular weight is 473 g/mol. The van der Waals surface area contributed by atoms with E-state index in [0.717, 1.165) is 70.2 Å². The molecule has 1 aromatic rings. The summed E-state index contributed by atoms with van der Waals surface area (Å²) in [5.74, 6) is 1.97. The van der Waals surface area contributed by atoms with Gasteiger partial charge in [-0.25, -0.2) is 4.98 Å². The maximum atomic E-state index is 10.7. The summed E-state index contributed by atoms with van der Waals surface area (Å²) < 4.78 is 0. The molecule has 0 radical (unpaired) electrons. The number of nitrogens with zero attached hydrogens (tertiary/aromatic N) is 4. The largest absolute Gasteiger partial charge is 0.388 e. The van der Waals surface area contributed by atoms with Crippen molar-refractivity contribution in [2.45, 2.75) is 44.6 Å². The normalized spacial score (nSPS) is 20.5. The van der Waals surface area contributed by atoms with Crippen molar-refractivity contribution in [2.75, 3.05) is 44.2 Å². The van der Waals surface area contributed by atoms with Crippen molar-refractivity contribution in [1.29, 1.82) is 0 Å². The van der Waals surface area contributed by atoms with Crippen LogP contribution in [0.2, 0.25) is 0 Å². The monoisotopic (exact) mass is 473 g/mol. The molecule has 0 spiro atoms. The summed E-state index contributed by atoms with van der Waals surface area (Å²) in [5.41, 5.74) is -0.602. The van der Waals surface area contributed by atoms with Crippen molar-refractivity contribution in [1.82, 2.24) is 15.2 Å². The number of rotatable bonds is 4. The zero-order valence-corrected chi connectivity index (χ0v) is 18.1. The second-order valence-electron chi connectivity index (χ2n) is 7.12. The summed E-state index contributed by atoms with van der Waals surface area (Å²) >= 11 is 0. The number of anilines is 1. The van der Waals surface area contributed by atoms with Crippen LogP contribution >= 0.6 is 24.0 Å². The molecule has 0 atom stereocenters. The van der Waals surface area contributed by atoms with Crippen LogP contribution in [0.15, 0.2) is 29.4 Å². The molecular weight excluding hydrogens is 441 g/mol. The molecule has 6 nitrogen and oxygen atoms in total. The van der Waals surface area contributed by atoms with Crippen LogP contribution in [0.3, 0.4) is 0 Å². The highest BCUT2D eigenvalue weighted by Crippen LogP contribution is 2.28. The molecule has 2 N–H and O–H groups in total. The first-order valence-electron chi connectivity index (χ1n) is 9.62. The lowest BCUT2D eigenvalue weighted by Crippen LogP contribution is -2.53. The molecule has 146 valence electrons. The van der Waals surface area contributed by atoms with E-state index < -0.39 is 5.60 Å². The standard InChI is InChI=1S/C19H31N5O.HI/c1-2-20-18(22-16-19(25)9-5-3-6-10-19)24-14-12-23(13-15-24)17-8-4-7-11-21-17;/h4,7-8,11,25H,2-3,5-6,9-10,12-16H2,1H3,(H,20,22);1H. The van der Waals surface area contributed by atoms with Crippen molar-refractivity contribution in [3.05, 3.63) is 24.4 Å². The third kappa shape index (κ3) is 5.70. The number of aliphatic hydroxyl groups is 1. The van der Waals surface area contributed by atoms with Crippen molar-refractivity contribution in [2.24, 2.45) is 4.99 Å². The average Bonchev–Trinajstić information content (AvgIpc) is 2.67. The molecule has 0 bridgehead atoms. The molecule has 2 aliphatic rings. The van der Waals surface area contributed by atoms with E-state index in [-0.39, 0.29) is 24.0 Å². The van der Waals surface area contributed by atoms with E-state index in [1.54, 1.807) is 0 Å². The van der Waals surface area contributed by atoms with Gasteiger partial charge in [0.25, 0.3) is 0 Å². The fraction of sp³-hybridized carbons (Fsp3) is 0.684. The quantitative estimate of drug-likeness (QED) is 0.400. The fourth-order valence-electron chi connectivity index (χ4n) is 3.70. The maximum absolute atomic E-state index is 10.7. The van der Waals surface area contributed by atoms with Gasteiger partial charge in [0.15, 0.2) is 5.96 Å². The van der Waals surface area contributed by atoms with Crippen LogP contribution in [0, 0.1) is 0 Å². The van der Waals surface area contributed by atoms with Gasteiger partial charge in [-0.3, -0.25) is 4.99 Å². The van der Waals surface area contributed by atoms with Crippen LogP contribution in [-0.2, 0) is 0 Å². The lowest BCUT2D eigenvalue weighted by molar-refractivity contribution is 0.0129. The van der Waals surface area contributed by atoms with E-state index >= 15 is 0 Å². The van der Waals surface area contributed by atoms with Crippen LogP contribution in [-0.4, -0.2) is 65.8 Å². The van der Waals surface area contributed by atoms with Gasteiger partial charge in [-0.2, -0.15) is 0 Å². The van der Waals surface area contributed by atoms with E-state index in [1.807, 2.05) is 18.3 Å². The van der Waals surface area contributed by atoms with E-state index in [1.165, 1.54) is 6.42 Å². The van der Waals surface area contributed by atoms with Crippen molar-refractivity contribution < 1.29 is 5.11 Å². The Labute approximate surface area is 174 Å². The number of nitrogens with one attached hydrogen (secondary N) is 1. The molecule has 0 aromatic carbocycles. The summed E-state index contributed by atoms with van der Waals surface area (Å²) in [6, 6.07) is 6.05. The third-order valence-corrected chi connectivity index (χ3v) is 5.19. The Hall–Kier alpha value is -1.09. The second kappa shape index (κ2) is 10.3. The Bertz CT molecular complexity index is 554.